The molecule has 0 aromatic heterocycles. The van der Waals surface area contributed by atoms with Gasteiger partial charge in [0.05, 0.1) is 6.61 Å². The summed E-state index contributed by atoms with van der Waals surface area (Å²) in [7, 11) is 0. The van der Waals surface area contributed by atoms with Crippen molar-refractivity contribution in [1.29, 1.82) is 0 Å². The fraction of sp³-hybridized carbons (Fsp3) is 0.480. The lowest BCUT2D eigenvalue weighted by Gasteiger charge is -2.31. The van der Waals surface area contributed by atoms with Crippen molar-refractivity contribution in [3.05, 3.63) is 65.5 Å². The van der Waals surface area contributed by atoms with E-state index in [2.05, 4.69) is 24.5 Å². The minimum atomic E-state index is -0.265. The van der Waals surface area contributed by atoms with Gasteiger partial charge >= 0.3 is 6.03 Å². The number of nitrogens with zero attached hydrogens (tertiary/aromatic N) is 1. The summed E-state index contributed by atoms with van der Waals surface area (Å²) in [6.45, 7) is 7.72. The second-order valence-corrected chi connectivity index (χ2v) is 8.60. The van der Waals surface area contributed by atoms with Crippen LogP contribution in [0.2, 0.25) is 0 Å². The number of urea groups is 1. The smallest absolute Gasteiger partial charge is 0.318 e. The molecule has 3 rings (SSSR count). The van der Waals surface area contributed by atoms with Gasteiger partial charge in [0.2, 0.25) is 0 Å². The zero-order valence-electron chi connectivity index (χ0n) is 18.6. The number of rotatable bonds is 8. The third-order valence-electron chi connectivity index (χ3n) is 5.46. The van der Waals surface area contributed by atoms with E-state index in [1.165, 1.54) is 12.1 Å². The summed E-state index contributed by atoms with van der Waals surface area (Å²) in [5.74, 6) is 1.05. The van der Waals surface area contributed by atoms with Crippen LogP contribution in [0, 0.1) is 11.7 Å². The van der Waals surface area contributed by atoms with Crippen LogP contribution < -0.4 is 15.4 Å². The quantitative estimate of drug-likeness (QED) is 0.641. The fourth-order valence-corrected chi connectivity index (χ4v) is 3.71. The van der Waals surface area contributed by atoms with Crippen molar-refractivity contribution >= 4 is 6.03 Å². The molecule has 31 heavy (non-hydrogen) atoms. The highest BCUT2D eigenvalue weighted by Crippen LogP contribution is 2.18. The summed E-state index contributed by atoms with van der Waals surface area (Å²) in [6.07, 6.45) is 2.91. The van der Waals surface area contributed by atoms with Crippen LogP contribution in [0.4, 0.5) is 9.18 Å². The van der Waals surface area contributed by atoms with Crippen LogP contribution in [-0.2, 0) is 13.1 Å². The van der Waals surface area contributed by atoms with Gasteiger partial charge in [-0.05, 0) is 73.7 Å². The van der Waals surface area contributed by atoms with E-state index in [1.54, 1.807) is 12.1 Å². The fourth-order valence-electron chi connectivity index (χ4n) is 3.71. The topological polar surface area (TPSA) is 53.6 Å². The van der Waals surface area contributed by atoms with Gasteiger partial charge in [-0.2, -0.15) is 0 Å². The van der Waals surface area contributed by atoms with E-state index < -0.39 is 0 Å². The molecule has 1 heterocycles. The van der Waals surface area contributed by atoms with E-state index in [4.69, 9.17) is 4.74 Å². The van der Waals surface area contributed by atoms with Crippen molar-refractivity contribution in [2.75, 3.05) is 19.7 Å². The molecule has 168 valence electrons. The van der Waals surface area contributed by atoms with Crippen LogP contribution in [0.5, 0.6) is 5.75 Å². The van der Waals surface area contributed by atoms with Gasteiger partial charge < -0.3 is 20.3 Å². The highest BCUT2D eigenvalue weighted by atomic mass is 19.1. The maximum atomic E-state index is 13.3. The number of amides is 2. The molecule has 2 amide bonds. The second kappa shape index (κ2) is 11.7. The van der Waals surface area contributed by atoms with E-state index in [9.17, 15) is 9.18 Å². The largest absolute Gasteiger partial charge is 0.493 e. The van der Waals surface area contributed by atoms with Crippen molar-refractivity contribution in [1.82, 2.24) is 15.5 Å². The molecule has 2 aromatic carbocycles. The Morgan fingerprint density at radius 3 is 2.52 bits per heavy atom. The third kappa shape index (κ3) is 7.55. The molecule has 1 aliphatic rings. The molecule has 5 nitrogen and oxygen atoms in total. The average Bonchev–Trinajstić information content (AvgIpc) is 3.06. The minimum Gasteiger partial charge on any atom is -0.493 e. The number of halogens is 1. The van der Waals surface area contributed by atoms with Gasteiger partial charge in [-0.1, -0.05) is 38.1 Å². The van der Waals surface area contributed by atoms with Gasteiger partial charge in [0.25, 0.3) is 0 Å². The number of hydrogen-bond acceptors (Lipinski definition) is 3. The molecule has 1 saturated heterocycles. The predicted molar refractivity (Wildman–Crippen MR) is 121 cm³/mol. The molecule has 1 aliphatic heterocycles. The summed E-state index contributed by atoms with van der Waals surface area (Å²) in [5.41, 5.74) is 1.95. The standard InChI is InChI=1S/C25H34FN3O2/c1-19(2)18-31-24-11-7-20(8-12-24)16-28-25(30)29(23-4-3-14-27-15-13-23)17-21-5-9-22(26)10-6-21/h5-12,19,23,27H,3-4,13-18H2,1-2H3,(H,28,30)/t23-/m1/s1. The van der Waals surface area contributed by atoms with Crippen molar-refractivity contribution in [2.24, 2.45) is 5.92 Å². The Morgan fingerprint density at radius 1 is 1.10 bits per heavy atom. The van der Waals surface area contributed by atoms with Crippen molar-refractivity contribution in [2.45, 2.75) is 52.2 Å². The molecule has 0 aliphatic carbocycles. The average molecular weight is 428 g/mol. The van der Waals surface area contributed by atoms with E-state index in [-0.39, 0.29) is 17.9 Å². The van der Waals surface area contributed by atoms with Crippen LogP contribution in [-0.4, -0.2) is 36.7 Å². The molecule has 0 radical (unpaired) electrons. The first-order valence-corrected chi connectivity index (χ1v) is 11.2. The summed E-state index contributed by atoms with van der Waals surface area (Å²) in [4.78, 5) is 15.0. The van der Waals surface area contributed by atoms with Gasteiger partial charge in [-0.25, -0.2) is 9.18 Å². The van der Waals surface area contributed by atoms with Gasteiger partial charge in [0.15, 0.2) is 0 Å². The first kappa shape index (κ1) is 23.1. The third-order valence-corrected chi connectivity index (χ3v) is 5.46. The number of benzene rings is 2. The molecule has 0 spiro atoms. The first-order valence-electron chi connectivity index (χ1n) is 11.2. The van der Waals surface area contributed by atoms with Crippen molar-refractivity contribution in [3.8, 4) is 5.75 Å². The lowest BCUT2D eigenvalue weighted by molar-refractivity contribution is 0.163. The number of hydrogen-bond donors (Lipinski definition) is 2. The minimum absolute atomic E-state index is 0.0867. The molecule has 0 unspecified atom stereocenters. The molecule has 1 fully saturated rings. The normalized spacial score (nSPS) is 16.6. The van der Waals surface area contributed by atoms with Crippen LogP contribution in [0.15, 0.2) is 48.5 Å². The Hall–Kier alpha value is -2.60. The molecule has 0 bridgehead atoms. The Balaban J connectivity index is 1.62. The maximum absolute atomic E-state index is 13.3. The van der Waals surface area contributed by atoms with Gasteiger partial charge in [0.1, 0.15) is 11.6 Å². The van der Waals surface area contributed by atoms with Crippen LogP contribution >= 0.6 is 0 Å². The van der Waals surface area contributed by atoms with Gasteiger partial charge in [-0.3, -0.25) is 0 Å². The monoisotopic (exact) mass is 427 g/mol. The first-order chi connectivity index (χ1) is 15.0. The van der Waals surface area contributed by atoms with Crippen LogP contribution in [0.1, 0.15) is 44.2 Å². The molecular formula is C25H34FN3O2. The lowest BCUT2D eigenvalue weighted by atomic mass is 10.1. The van der Waals surface area contributed by atoms with E-state index in [0.29, 0.717) is 25.6 Å². The number of carbonyl (C=O) groups excluding carboxylic acids is 1. The van der Waals surface area contributed by atoms with E-state index in [1.807, 2.05) is 29.2 Å². The molecule has 2 aromatic rings. The predicted octanol–water partition coefficient (Wildman–Crippen LogP) is 4.71. The molecular weight excluding hydrogens is 393 g/mol. The Labute approximate surface area is 185 Å². The Kier molecular flexibility index (Phi) is 8.71. The van der Waals surface area contributed by atoms with Crippen molar-refractivity contribution in [3.63, 3.8) is 0 Å². The van der Waals surface area contributed by atoms with Crippen LogP contribution in [0.3, 0.4) is 0 Å². The SMILES string of the molecule is CC(C)COc1ccc(CNC(=O)N(Cc2ccc(F)cc2)[C@@H]2CCCNCC2)cc1. The number of nitrogens with one attached hydrogen (secondary N) is 2. The second-order valence-electron chi connectivity index (χ2n) is 8.60. The van der Waals surface area contributed by atoms with Gasteiger partial charge in [0, 0.05) is 19.1 Å². The molecule has 2 N–H and O–H groups in total. The van der Waals surface area contributed by atoms with E-state index >= 15 is 0 Å². The highest BCUT2D eigenvalue weighted by Gasteiger charge is 2.24. The van der Waals surface area contributed by atoms with Crippen molar-refractivity contribution < 1.29 is 13.9 Å². The van der Waals surface area contributed by atoms with E-state index in [0.717, 1.165) is 49.2 Å². The van der Waals surface area contributed by atoms with Gasteiger partial charge in [-0.15, -0.1) is 0 Å². The molecule has 1 atom stereocenters. The Morgan fingerprint density at radius 2 is 1.81 bits per heavy atom. The summed E-state index contributed by atoms with van der Waals surface area (Å²) >= 11 is 0. The molecule has 0 saturated carbocycles. The summed E-state index contributed by atoms with van der Waals surface area (Å²) in [5, 5.41) is 6.47. The zero-order chi connectivity index (χ0) is 22.1. The lowest BCUT2D eigenvalue weighted by Crippen LogP contribution is -2.45. The highest BCUT2D eigenvalue weighted by molar-refractivity contribution is 5.74. The summed E-state index contributed by atoms with van der Waals surface area (Å²) < 4.78 is 19.0. The Bertz CT molecular complexity index is 801. The number of carbonyl (C=O) groups is 1. The molecule has 6 heteroatoms. The van der Waals surface area contributed by atoms with Crippen LogP contribution in [0.25, 0.3) is 0 Å². The number of ether oxygens (including phenoxy) is 1. The maximum Gasteiger partial charge on any atom is 0.318 e. The zero-order valence-corrected chi connectivity index (χ0v) is 18.6. The summed E-state index contributed by atoms with van der Waals surface area (Å²) in [6, 6.07) is 14.3.